The molecule has 21 heavy (non-hydrogen) atoms. The molecular formula is C14H10BrFN2O2S. The normalized spacial score (nSPS) is 12.7. The summed E-state index contributed by atoms with van der Waals surface area (Å²) in [6.45, 7) is 0. The highest BCUT2D eigenvalue weighted by atomic mass is 79.9. The van der Waals surface area contributed by atoms with Crippen LogP contribution in [0.3, 0.4) is 0 Å². The first-order valence-corrected chi connectivity index (χ1v) is 8.12. The molecule has 0 aliphatic carbocycles. The molecule has 0 saturated carbocycles. The Morgan fingerprint density at radius 2 is 2.10 bits per heavy atom. The van der Waals surface area contributed by atoms with Crippen molar-refractivity contribution in [1.29, 1.82) is 0 Å². The van der Waals surface area contributed by atoms with Gasteiger partial charge in [-0.2, -0.15) is 0 Å². The highest BCUT2D eigenvalue weighted by Crippen LogP contribution is 2.22. The van der Waals surface area contributed by atoms with E-state index < -0.39 is 10.8 Å². The molecule has 1 unspecified atom stereocenters. The Bertz CT molecular complexity index is 830. The van der Waals surface area contributed by atoms with Crippen LogP contribution in [0.2, 0.25) is 0 Å². The third-order valence-corrected chi connectivity index (χ3v) is 4.42. The number of rotatable bonds is 3. The van der Waals surface area contributed by atoms with Gasteiger partial charge in [0.2, 0.25) is 0 Å². The lowest BCUT2D eigenvalue weighted by atomic mass is 10.2. The SMILES string of the molecule is Nc1ccc2oc(S(=O)Cc3cc(F)cc(Br)c3)nc2c1. The number of hydrogen-bond donors (Lipinski definition) is 1. The largest absolute Gasteiger partial charge is 0.430 e. The standard InChI is InChI=1S/C14H10BrFN2O2S/c15-9-3-8(4-10(16)5-9)7-21(19)14-18-12-6-11(17)1-2-13(12)20-14/h1-6H,7,17H2. The van der Waals surface area contributed by atoms with Gasteiger partial charge in [-0.15, -0.1) is 0 Å². The molecule has 1 atom stereocenters. The van der Waals surface area contributed by atoms with Crippen molar-refractivity contribution in [3.63, 3.8) is 0 Å². The highest BCUT2D eigenvalue weighted by Gasteiger charge is 2.14. The summed E-state index contributed by atoms with van der Waals surface area (Å²) in [5, 5.41) is 0.107. The molecule has 3 aromatic rings. The van der Waals surface area contributed by atoms with Gasteiger partial charge in [-0.05, 0) is 42.0 Å². The summed E-state index contributed by atoms with van der Waals surface area (Å²) in [4.78, 5) is 4.16. The number of anilines is 1. The molecule has 0 aliphatic rings. The molecule has 0 bridgehead atoms. The number of oxazole rings is 1. The second kappa shape index (κ2) is 5.57. The fourth-order valence-electron chi connectivity index (χ4n) is 1.93. The van der Waals surface area contributed by atoms with Crippen LogP contribution in [0, 0.1) is 5.82 Å². The summed E-state index contributed by atoms with van der Waals surface area (Å²) >= 11 is 3.20. The molecule has 0 saturated heterocycles. The number of fused-ring (bicyclic) bond motifs is 1. The van der Waals surface area contributed by atoms with Gasteiger partial charge in [-0.3, -0.25) is 0 Å². The fourth-order valence-corrected chi connectivity index (χ4v) is 3.42. The van der Waals surface area contributed by atoms with E-state index >= 15 is 0 Å². The predicted molar refractivity (Wildman–Crippen MR) is 82.6 cm³/mol. The average Bonchev–Trinajstić information content (AvgIpc) is 2.80. The van der Waals surface area contributed by atoms with Gasteiger partial charge < -0.3 is 10.2 Å². The van der Waals surface area contributed by atoms with Gasteiger partial charge in [0.15, 0.2) is 5.58 Å². The van der Waals surface area contributed by atoms with Crippen molar-refractivity contribution >= 4 is 43.5 Å². The molecule has 1 aromatic heterocycles. The van der Waals surface area contributed by atoms with E-state index in [2.05, 4.69) is 20.9 Å². The van der Waals surface area contributed by atoms with Crippen molar-refractivity contribution in [3.05, 3.63) is 52.3 Å². The Balaban J connectivity index is 1.89. The fraction of sp³-hybridized carbons (Fsp3) is 0.0714. The van der Waals surface area contributed by atoms with Gasteiger partial charge in [0, 0.05) is 10.2 Å². The van der Waals surface area contributed by atoms with Gasteiger partial charge in [0.1, 0.15) is 22.1 Å². The molecule has 4 nitrogen and oxygen atoms in total. The van der Waals surface area contributed by atoms with Crippen LogP contribution in [0.25, 0.3) is 11.1 Å². The summed E-state index contributed by atoms with van der Waals surface area (Å²) in [7, 11) is -1.50. The van der Waals surface area contributed by atoms with E-state index in [0.717, 1.165) is 0 Å². The maximum Gasteiger partial charge on any atom is 0.288 e. The lowest BCUT2D eigenvalue weighted by molar-refractivity contribution is 0.477. The second-order valence-corrected chi connectivity index (χ2v) is 6.72. The van der Waals surface area contributed by atoms with Gasteiger partial charge >= 0.3 is 0 Å². The van der Waals surface area contributed by atoms with Gasteiger partial charge in [-0.25, -0.2) is 13.6 Å². The first-order chi connectivity index (χ1) is 10.0. The summed E-state index contributed by atoms with van der Waals surface area (Å²) < 4.78 is 31.6. The zero-order chi connectivity index (χ0) is 15.0. The summed E-state index contributed by atoms with van der Waals surface area (Å²) in [6, 6.07) is 9.40. The van der Waals surface area contributed by atoms with Gasteiger partial charge in [-0.1, -0.05) is 15.9 Å². The summed E-state index contributed by atoms with van der Waals surface area (Å²) in [5.74, 6) is -0.264. The molecule has 0 amide bonds. The summed E-state index contributed by atoms with van der Waals surface area (Å²) in [6.07, 6.45) is 0. The maximum atomic E-state index is 13.3. The predicted octanol–water partition coefficient (Wildman–Crippen LogP) is 3.62. The van der Waals surface area contributed by atoms with Crippen LogP contribution in [0.4, 0.5) is 10.1 Å². The van der Waals surface area contributed by atoms with E-state index in [-0.39, 0.29) is 16.8 Å². The van der Waals surface area contributed by atoms with Crippen molar-refractivity contribution in [2.75, 3.05) is 5.73 Å². The van der Waals surface area contributed by atoms with E-state index in [1.807, 2.05) is 0 Å². The highest BCUT2D eigenvalue weighted by molar-refractivity contribution is 9.10. The molecule has 3 rings (SSSR count). The molecule has 108 valence electrons. The third-order valence-electron chi connectivity index (χ3n) is 2.81. The first-order valence-electron chi connectivity index (χ1n) is 6.01. The quantitative estimate of drug-likeness (QED) is 0.716. The first kappa shape index (κ1) is 14.2. The average molecular weight is 369 g/mol. The van der Waals surface area contributed by atoms with Crippen LogP contribution in [-0.2, 0) is 16.6 Å². The molecule has 2 N–H and O–H groups in total. The zero-order valence-electron chi connectivity index (χ0n) is 10.7. The molecule has 0 aliphatic heterocycles. The van der Waals surface area contributed by atoms with Crippen LogP contribution in [0.5, 0.6) is 0 Å². The van der Waals surface area contributed by atoms with Crippen molar-refractivity contribution in [1.82, 2.24) is 4.98 Å². The molecule has 1 heterocycles. The van der Waals surface area contributed by atoms with E-state index in [1.165, 1.54) is 12.1 Å². The number of benzene rings is 2. The monoisotopic (exact) mass is 368 g/mol. The molecule has 2 aromatic carbocycles. The Kier molecular flexibility index (Phi) is 3.77. The molecular weight excluding hydrogens is 359 g/mol. The van der Waals surface area contributed by atoms with E-state index in [9.17, 15) is 8.60 Å². The van der Waals surface area contributed by atoms with Gasteiger partial charge in [0.05, 0.1) is 5.75 Å². The Hall–Kier alpha value is -1.73. The second-order valence-electron chi connectivity index (χ2n) is 4.47. The number of hydrogen-bond acceptors (Lipinski definition) is 4. The Morgan fingerprint density at radius 1 is 1.29 bits per heavy atom. The van der Waals surface area contributed by atoms with Crippen LogP contribution in [-0.4, -0.2) is 9.19 Å². The minimum atomic E-state index is -1.50. The lowest BCUT2D eigenvalue weighted by Gasteiger charge is -2.00. The number of nitrogens with two attached hydrogens (primary N) is 1. The van der Waals surface area contributed by atoms with Crippen molar-refractivity contribution < 1.29 is 13.0 Å². The Labute approximate surface area is 130 Å². The van der Waals surface area contributed by atoms with Crippen molar-refractivity contribution in [3.8, 4) is 0 Å². The number of nitrogens with zero attached hydrogens (tertiary/aromatic N) is 1. The van der Waals surface area contributed by atoms with Crippen LogP contribution < -0.4 is 5.73 Å². The van der Waals surface area contributed by atoms with Crippen LogP contribution in [0.1, 0.15) is 5.56 Å². The molecule has 0 spiro atoms. The van der Waals surface area contributed by atoms with Crippen molar-refractivity contribution in [2.45, 2.75) is 11.0 Å². The zero-order valence-corrected chi connectivity index (χ0v) is 13.1. The third kappa shape index (κ3) is 3.14. The minimum Gasteiger partial charge on any atom is -0.430 e. The molecule has 7 heteroatoms. The number of halogens is 2. The van der Waals surface area contributed by atoms with E-state index in [0.29, 0.717) is 26.8 Å². The minimum absolute atomic E-state index is 0.107. The Morgan fingerprint density at radius 3 is 2.86 bits per heavy atom. The van der Waals surface area contributed by atoms with Crippen LogP contribution >= 0.6 is 15.9 Å². The van der Waals surface area contributed by atoms with E-state index in [4.69, 9.17) is 10.2 Å². The van der Waals surface area contributed by atoms with Crippen LogP contribution in [0.15, 0.2) is 50.5 Å². The lowest BCUT2D eigenvalue weighted by Crippen LogP contribution is -1.97. The van der Waals surface area contributed by atoms with Gasteiger partial charge in [0.25, 0.3) is 5.22 Å². The topological polar surface area (TPSA) is 69.1 Å². The number of nitrogen functional groups attached to an aromatic ring is 1. The maximum absolute atomic E-state index is 13.3. The molecule has 0 radical (unpaired) electrons. The van der Waals surface area contributed by atoms with E-state index in [1.54, 1.807) is 24.3 Å². The van der Waals surface area contributed by atoms with Crippen molar-refractivity contribution in [2.24, 2.45) is 0 Å². The number of aromatic nitrogens is 1. The smallest absolute Gasteiger partial charge is 0.288 e. The molecule has 0 fully saturated rings. The summed E-state index contributed by atoms with van der Waals surface area (Å²) in [5.41, 5.74) is 7.89.